The first-order chi connectivity index (χ1) is 12.0. The van der Waals surface area contributed by atoms with Crippen molar-refractivity contribution in [1.82, 2.24) is 10.6 Å². The van der Waals surface area contributed by atoms with E-state index in [1.165, 1.54) is 11.1 Å². The van der Waals surface area contributed by atoms with E-state index in [2.05, 4.69) is 35.8 Å². The summed E-state index contributed by atoms with van der Waals surface area (Å²) in [7, 11) is 0. The summed E-state index contributed by atoms with van der Waals surface area (Å²) in [5.74, 6) is 0.814. The summed E-state index contributed by atoms with van der Waals surface area (Å²) in [6.45, 7) is 4.21. The van der Waals surface area contributed by atoms with Gasteiger partial charge in [-0.25, -0.2) is 0 Å². The predicted octanol–water partition coefficient (Wildman–Crippen LogP) is 3.05. The Kier molecular flexibility index (Phi) is 7.54. The summed E-state index contributed by atoms with van der Waals surface area (Å²) in [4.78, 5) is 24.0. The molecular formula is C20H24N2O2S. The molecule has 132 valence electrons. The summed E-state index contributed by atoms with van der Waals surface area (Å²) in [5.41, 5.74) is 3.45. The van der Waals surface area contributed by atoms with Gasteiger partial charge in [0, 0.05) is 12.3 Å². The molecule has 2 N–H and O–H groups in total. The molecule has 0 aliphatic carbocycles. The molecule has 1 atom stereocenters. The SMILES string of the molecule is Cc1cccc(CSCC(=O)NC(C)C(=O)NCc2ccccc2)c1. The summed E-state index contributed by atoms with van der Waals surface area (Å²) < 4.78 is 0. The first-order valence-electron chi connectivity index (χ1n) is 8.29. The number of aryl methyl sites for hydroxylation is 1. The zero-order valence-electron chi connectivity index (χ0n) is 14.6. The highest BCUT2D eigenvalue weighted by Crippen LogP contribution is 2.13. The van der Waals surface area contributed by atoms with Crippen molar-refractivity contribution in [2.75, 3.05) is 5.75 Å². The lowest BCUT2D eigenvalue weighted by Crippen LogP contribution is -2.45. The van der Waals surface area contributed by atoms with Gasteiger partial charge in [0.15, 0.2) is 0 Å². The standard InChI is InChI=1S/C20H24N2O2S/c1-15-7-6-10-18(11-15)13-25-14-19(23)22-16(2)20(24)21-12-17-8-4-3-5-9-17/h3-11,16H,12-14H2,1-2H3,(H,21,24)(H,22,23). The van der Waals surface area contributed by atoms with Crippen molar-refractivity contribution >= 4 is 23.6 Å². The van der Waals surface area contributed by atoms with Crippen LogP contribution in [0.4, 0.5) is 0 Å². The zero-order valence-corrected chi connectivity index (χ0v) is 15.4. The molecule has 2 aromatic rings. The third-order valence-corrected chi connectivity index (χ3v) is 4.67. The average Bonchev–Trinajstić information content (AvgIpc) is 2.60. The van der Waals surface area contributed by atoms with Crippen LogP contribution in [0.25, 0.3) is 0 Å². The second-order valence-electron chi connectivity index (χ2n) is 5.97. The molecule has 0 aliphatic heterocycles. The van der Waals surface area contributed by atoms with E-state index in [1.807, 2.05) is 36.4 Å². The van der Waals surface area contributed by atoms with Crippen LogP contribution in [0.3, 0.4) is 0 Å². The molecule has 5 heteroatoms. The normalized spacial score (nSPS) is 11.6. The van der Waals surface area contributed by atoms with Crippen LogP contribution in [0.5, 0.6) is 0 Å². The lowest BCUT2D eigenvalue weighted by atomic mass is 10.2. The van der Waals surface area contributed by atoms with E-state index in [9.17, 15) is 9.59 Å². The molecule has 0 fully saturated rings. The van der Waals surface area contributed by atoms with Crippen LogP contribution in [0.2, 0.25) is 0 Å². The van der Waals surface area contributed by atoms with Crippen LogP contribution >= 0.6 is 11.8 Å². The second-order valence-corrected chi connectivity index (χ2v) is 6.96. The van der Waals surface area contributed by atoms with E-state index in [4.69, 9.17) is 0 Å². The van der Waals surface area contributed by atoms with E-state index in [1.54, 1.807) is 18.7 Å². The lowest BCUT2D eigenvalue weighted by molar-refractivity contribution is -0.127. The van der Waals surface area contributed by atoms with Gasteiger partial charge in [-0.3, -0.25) is 9.59 Å². The van der Waals surface area contributed by atoms with Gasteiger partial charge in [0.05, 0.1) is 5.75 Å². The molecule has 1 unspecified atom stereocenters. The number of hydrogen-bond acceptors (Lipinski definition) is 3. The molecule has 0 bridgehead atoms. The molecule has 0 radical (unpaired) electrons. The van der Waals surface area contributed by atoms with E-state index >= 15 is 0 Å². The number of carbonyl (C=O) groups excluding carboxylic acids is 2. The van der Waals surface area contributed by atoms with Crippen molar-refractivity contribution in [1.29, 1.82) is 0 Å². The van der Waals surface area contributed by atoms with Crippen LogP contribution in [0, 0.1) is 6.92 Å². The minimum absolute atomic E-state index is 0.125. The number of rotatable bonds is 8. The van der Waals surface area contributed by atoms with Crippen LogP contribution in [-0.2, 0) is 21.9 Å². The van der Waals surface area contributed by atoms with Crippen molar-refractivity contribution in [3.63, 3.8) is 0 Å². The van der Waals surface area contributed by atoms with Crippen LogP contribution in [0.1, 0.15) is 23.6 Å². The van der Waals surface area contributed by atoms with E-state index in [-0.39, 0.29) is 11.8 Å². The Labute approximate surface area is 153 Å². The first-order valence-corrected chi connectivity index (χ1v) is 9.44. The molecule has 25 heavy (non-hydrogen) atoms. The molecule has 0 heterocycles. The monoisotopic (exact) mass is 356 g/mol. The quantitative estimate of drug-likeness (QED) is 0.764. The van der Waals surface area contributed by atoms with Crippen molar-refractivity contribution in [2.45, 2.75) is 32.2 Å². The van der Waals surface area contributed by atoms with Crippen LogP contribution in [-0.4, -0.2) is 23.6 Å². The number of carbonyl (C=O) groups is 2. The second kappa shape index (κ2) is 9.89. The van der Waals surface area contributed by atoms with Gasteiger partial charge in [0.25, 0.3) is 0 Å². The maximum absolute atomic E-state index is 12.1. The largest absolute Gasteiger partial charge is 0.350 e. The third-order valence-electron chi connectivity index (χ3n) is 3.66. The topological polar surface area (TPSA) is 58.2 Å². The molecule has 0 spiro atoms. The first kappa shape index (κ1) is 19.1. The highest BCUT2D eigenvalue weighted by molar-refractivity contribution is 7.99. The van der Waals surface area contributed by atoms with Gasteiger partial charge in [-0.2, -0.15) is 0 Å². The summed E-state index contributed by atoms with van der Waals surface area (Å²) >= 11 is 1.54. The van der Waals surface area contributed by atoms with E-state index < -0.39 is 6.04 Å². The smallest absolute Gasteiger partial charge is 0.242 e. The van der Waals surface area contributed by atoms with Gasteiger partial charge in [-0.05, 0) is 25.0 Å². The van der Waals surface area contributed by atoms with Gasteiger partial charge >= 0.3 is 0 Å². The van der Waals surface area contributed by atoms with Gasteiger partial charge in [0.1, 0.15) is 6.04 Å². The number of benzene rings is 2. The fourth-order valence-corrected chi connectivity index (χ4v) is 3.14. The van der Waals surface area contributed by atoms with Crippen molar-refractivity contribution in [3.05, 3.63) is 71.3 Å². The molecule has 4 nitrogen and oxygen atoms in total. The van der Waals surface area contributed by atoms with Crippen molar-refractivity contribution in [2.24, 2.45) is 0 Å². The molecule has 0 saturated carbocycles. The fraction of sp³-hybridized carbons (Fsp3) is 0.300. The zero-order chi connectivity index (χ0) is 18.1. The minimum Gasteiger partial charge on any atom is -0.350 e. The fourth-order valence-electron chi connectivity index (χ4n) is 2.35. The molecular weight excluding hydrogens is 332 g/mol. The predicted molar refractivity (Wildman–Crippen MR) is 103 cm³/mol. The van der Waals surface area contributed by atoms with Crippen molar-refractivity contribution in [3.8, 4) is 0 Å². The highest BCUT2D eigenvalue weighted by atomic mass is 32.2. The number of hydrogen-bond donors (Lipinski definition) is 2. The van der Waals surface area contributed by atoms with Gasteiger partial charge in [0.2, 0.25) is 11.8 Å². The molecule has 0 saturated heterocycles. The highest BCUT2D eigenvalue weighted by Gasteiger charge is 2.15. The van der Waals surface area contributed by atoms with Crippen molar-refractivity contribution < 1.29 is 9.59 Å². The van der Waals surface area contributed by atoms with Gasteiger partial charge in [-0.1, -0.05) is 60.2 Å². The van der Waals surface area contributed by atoms with Gasteiger partial charge < -0.3 is 10.6 Å². The summed E-state index contributed by atoms with van der Waals surface area (Å²) in [5, 5.41) is 5.57. The molecule has 2 rings (SSSR count). The molecule has 0 aliphatic rings. The average molecular weight is 356 g/mol. The van der Waals surface area contributed by atoms with E-state index in [0.717, 1.165) is 11.3 Å². The Balaban J connectivity index is 1.67. The minimum atomic E-state index is -0.546. The van der Waals surface area contributed by atoms with Gasteiger partial charge in [-0.15, -0.1) is 11.8 Å². The molecule has 2 amide bonds. The lowest BCUT2D eigenvalue weighted by Gasteiger charge is -2.14. The Morgan fingerprint density at radius 2 is 1.76 bits per heavy atom. The Hall–Kier alpha value is -2.27. The van der Waals surface area contributed by atoms with Crippen LogP contribution < -0.4 is 10.6 Å². The Morgan fingerprint density at radius 3 is 2.48 bits per heavy atom. The maximum Gasteiger partial charge on any atom is 0.242 e. The number of thioether (sulfide) groups is 1. The summed E-state index contributed by atoms with van der Waals surface area (Å²) in [6.07, 6.45) is 0. The summed E-state index contributed by atoms with van der Waals surface area (Å²) in [6, 6.07) is 17.4. The molecule has 2 aromatic carbocycles. The van der Waals surface area contributed by atoms with E-state index in [0.29, 0.717) is 12.3 Å². The number of nitrogens with one attached hydrogen (secondary N) is 2. The Morgan fingerprint density at radius 1 is 1.04 bits per heavy atom. The Bertz CT molecular complexity index is 704. The van der Waals surface area contributed by atoms with Crippen LogP contribution in [0.15, 0.2) is 54.6 Å². The molecule has 0 aromatic heterocycles. The third kappa shape index (κ3) is 7.01. The number of amides is 2. The maximum atomic E-state index is 12.1.